The first-order valence-electron chi connectivity index (χ1n) is 6.03. The first-order valence-corrected chi connectivity index (χ1v) is 6.40. The van der Waals surface area contributed by atoms with Gasteiger partial charge in [0.15, 0.2) is 0 Å². The van der Waals surface area contributed by atoms with Gasteiger partial charge in [0, 0.05) is 11.6 Å². The van der Waals surface area contributed by atoms with E-state index in [9.17, 15) is 14.3 Å². The lowest BCUT2D eigenvalue weighted by atomic mass is 9.93. The van der Waals surface area contributed by atoms with E-state index in [0.717, 1.165) is 6.07 Å². The topological polar surface area (TPSA) is 60.8 Å². The first kappa shape index (κ1) is 14.2. The van der Waals surface area contributed by atoms with Crippen molar-refractivity contribution >= 4 is 17.5 Å². The Labute approximate surface area is 115 Å². The largest absolute Gasteiger partial charge is 0.393 e. The SMILES string of the molecule is O=C(c1cc(Cl)ccc1F)N1CCC[C@](O)(CO)C1. The summed E-state index contributed by atoms with van der Waals surface area (Å²) in [6.07, 6.45) is 0.982. The van der Waals surface area contributed by atoms with Gasteiger partial charge in [-0.15, -0.1) is 0 Å². The molecule has 19 heavy (non-hydrogen) atoms. The molecule has 1 aliphatic rings. The van der Waals surface area contributed by atoms with Crippen LogP contribution in [0.25, 0.3) is 0 Å². The van der Waals surface area contributed by atoms with Gasteiger partial charge in [-0.3, -0.25) is 4.79 Å². The van der Waals surface area contributed by atoms with Gasteiger partial charge >= 0.3 is 0 Å². The van der Waals surface area contributed by atoms with Crippen LogP contribution in [0, 0.1) is 5.82 Å². The van der Waals surface area contributed by atoms with Gasteiger partial charge in [-0.2, -0.15) is 0 Å². The van der Waals surface area contributed by atoms with Gasteiger partial charge in [-0.05, 0) is 31.0 Å². The van der Waals surface area contributed by atoms with Gasteiger partial charge in [0.1, 0.15) is 11.4 Å². The van der Waals surface area contributed by atoms with Gasteiger partial charge in [0.25, 0.3) is 5.91 Å². The number of hydrogen-bond acceptors (Lipinski definition) is 3. The molecule has 1 aromatic rings. The maximum Gasteiger partial charge on any atom is 0.256 e. The molecule has 1 aromatic carbocycles. The molecular weight excluding hydrogens is 273 g/mol. The number of aliphatic hydroxyl groups is 2. The van der Waals surface area contributed by atoms with Crippen molar-refractivity contribution < 1.29 is 19.4 Å². The summed E-state index contributed by atoms with van der Waals surface area (Å²) < 4.78 is 13.6. The van der Waals surface area contributed by atoms with Crippen LogP contribution in [0.4, 0.5) is 4.39 Å². The van der Waals surface area contributed by atoms with E-state index >= 15 is 0 Å². The highest BCUT2D eigenvalue weighted by atomic mass is 35.5. The molecule has 4 nitrogen and oxygen atoms in total. The zero-order valence-corrected chi connectivity index (χ0v) is 11.0. The number of carbonyl (C=O) groups excluding carboxylic acids is 1. The van der Waals surface area contributed by atoms with Gasteiger partial charge in [-0.1, -0.05) is 11.6 Å². The van der Waals surface area contributed by atoms with Gasteiger partial charge < -0.3 is 15.1 Å². The van der Waals surface area contributed by atoms with Crippen LogP contribution in [0.15, 0.2) is 18.2 Å². The van der Waals surface area contributed by atoms with Crippen LogP contribution in [-0.4, -0.2) is 46.3 Å². The second kappa shape index (κ2) is 5.45. The molecule has 1 amide bonds. The van der Waals surface area contributed by atoms with E-state index in [1.54, 1.807) is 0 Å². The summed E-state index contributed by atoms with van der Waals surface area (Å²) in [6.45, 7) is -0.00378. The second-order valence-corrected chi connectivity index (χ2v) is 5.27. The molecule has 104 valence electrons. The lowest BCUT2D eigenvalue weighted by Crippen LogP contribution is -2.52. The zero-order valence-electron chi connectivity index (χ0n) is 10.3. The molecule has 0 saturated carbocycles. The van der Waals surface area contributed by atoms with Crippen molar-refractivity contribution in [1.29, 1.82) is 0 Å². The number of likely N-dealkylation sites (tertiary alicyclic amines) is 1. The maximum absolute atomic E-state index is 13.6. The molecule has 1 atom stereocenters. The number of β-amino-alcohol motifs (C(OH)–C–C–N with tert-alkyl or cyclic N) is 1. The molecule has 0 aromatic heterocycles. The normalized spacial score (nSPS) is 23.5. The number of carbonyl (C=O) groups is 1. The Morgan fingerprint density at radius 2 is 2.26 bits per heavy atom. The lowest BCUT2D eigenvalue weighted by molar-refractivity contribution is -0.0599. The number of benzene rings is 1. The molecule has 0 spiro atoms. The second-order valence-electron chi connectivity index (χ2n) is 4.84. The molecule has 2 N–H and O–H groups in total. The molecule has 0 aliphatic carbocycles. The molecule has 0 radical (unpaired) electrons. The lowest BCUT2D eigenvalue weighted by Gasteiger charge is -2.38. The van der Waals surface area contributed by atoms with Crippen molar-refractivity contribution in [1.82, 2.24) is 4.90 Å². The standard InChI is InChI=1S/C13H15ClFNO3/c14-9-2-3-11(15)10(6-9)12(18)16-5-1-4-13(19,7-16)8-17/h2-3,6,17,19H,1,4-5,7-8H2/t13-/m1/s1. The Hall–Kier alpha value is -1.17. The molecule has 6 heteroatoms. The van der Waals surface area contributed by atoms with Crippen molar-refractivity contribution in [3.05, 3.63) is 34.6 Å². The van der Waals surface area contributed by atoms with Gasteiger partial charge in [0.2, 0.25) is 0 Å². The molecule has 1 saturated heterocycles. The summed E-state index contributed by atoms with van der Waals surface area (Å²) in [5.41, 5.74) is -1.42. The molecular formula is C13H15ClFNO3. The van der Waals surface area contributed by atoms with Crippen molar-refractivity contribution in [2.45, 2.75) is 18.4 Å². The Balaban J connectivity index is 2.22. The first-order chi connectivity index (χ1) is 8.95. The summed E-state index contributed by atoms with van der Waals surface area (Å²) in [6, 6.07) is 3.78. The van der Waals surface area contributed by atoms with Crippen molar-refractivity contribution in [3.8, 4) is 0 Å². The summed E-state index contributed by atoms with van der Waals surface area (Å²) in [4.78, 5) is 13.6. The number of nitrogens with zero attached hydrogens (tertiary/aromatic N) is 1. The number of halogens is 2. The number of piperidine rings is 1. The summed E-state index contributed by atoms with van der Waals surface area (Å²) in [5, 5.41) is 19.4. The fourth-order valence-electron chi connectivity index (χ4n) is 2.25. The van der Waals surface area contributed by atoms with Crippen LogP contribution in [-0.2, 0) is 0 Å². The molecule has 2 rings (SSSR count). The van der Waals surface area contributed by atoms with Crippen molar-refractivity contribution in [3.63, 3.8) is 0 Å². The van der Waals surface area contributed by atoms with E-state index in [0.29, 0.717) is 19.4 Å². The number of amides is 1. The molecule has 1 fully saturated rings. The average Bonchev–Trinajstić information content (AvgIpc) is 2.41. The monoisotopic (exact) mass is 287 g/mol. The van der Waals surface area contributed by atoms with E-state index < -0.39 is 23.9 Å². The van der Waals surface area contributed by atoms with E-state index in [1.165, 1.54) is 17.0 Å². The van der Waals surface area contributed by atoms with Crippen molar-refractivity contribution in [2.75, 3.05) is 19.7 Å². The van der Waals surface area contributed by atoms with E-state index in [-0.39, 0.29) is 17.1 Å². The third-order valence-corrected chi connectivity index (χ3v) is 3.53. The van der Waals surface area contributed by atoms with Crippen LogP contribution >= 0.6 is 11.6 Å². The zero-order chi connectivity index (χ0) is 14.0. The highest BCUT2D eigenvalue weighted by molar-refractivity contribution is 6.31. The predicted octanol–water partition coefficient (Wildman–Crippen LogP) is 1.44. The quantitative estimate of drug-likeness (QED) is 0.865. The van der Waals surface area contributed by atoms with Crippen molar-refractivity contribution in [2.24, 2.45) is 0 Å². The third-order valence-electron chi connectivity index (χ3n) is 3.30. The number of hydrogen-bond donors (Lipinski definition) is 2. The molecule has 1 aliphatic heterocycles. The Kier molecular flexibility index (Phi) is 4.08. The van der Waals surface area contributed by atoms with Crippen LogP contribution < -0.4 is 0 Å². The summed E-state index contributed by atoms with van der Waals surface area (Å²) >= 11 is 5.76. The highest BCUT2D eigenvalue weighted by Crippen LogP contribution is 2.24. The van der Waals surface area contributed by atoms with Crippen LogP contribution in [0.3, 0.4) is 0 Å². The third kappa shape index (κ3) is 3.05. The van der Waals surface area contributed by atoms with Crippen LogP contribution in [0.2, 0.25) is 5.02 Å². The van der Waals surface area contributed by atoms with Gasteiger partial charge in [-0.25, -0.2) is 4.39 Å². The highest BCUT2D eigenvalue weighted by Gasteiger charge is 2.35. The molecule has 1 heterocycles. The minimum atomic E-state index is -1.30. The average molecular weight is 288 g/mol. The number of aliphatic hydroxyl groups excluding tert-OH is 1. The Morgan fingerprint density at radius 1 is 1.53 bits per heavy atom. The Bertz CT molecular complexity index is 497. The molecule has 0 unspecified atom stereocenters. The maximum atomic E-state index is 13.6. The van der Waals surface area contributed by atoms with Gasteiger partial charge in [0.05, 0.1) is 18.7 Å². The Morgan fingerprint density at radius 3 is 2.95 bits per heavy atom. The smallest absolute Gasteiger partial charge is 0.256 e. The van der Waals surface area contributed by atoms with E-state index in [4.69, 9.17) is 16.7 Å². The summed E-state index contributed by atoms with van der Waals surface area (Å²) in [5.74, 6) is -1.17. The van der Waals surface area contributed by atoms with E-state index in [1.807, 2.05) is 0 Å². The van der Waals surface area contributed by atoms with Crippen LogP contribution in [0.5, 0.6) is 0 Å². The fraction of sp³-hybridized carbons (Fsp3) is 0.462. The van der Waals surface area contributed by atoms with E-state index in [2.05, 4.69) is 0 Å². The number of rotatable bonds is 2. The minimum Gasteiger partial charge on any atom is -0.393 e. The minimum absolute atomic E-state index is 0.00567. The molecule has 0 bridgehead atoms. The van der Waals surface area contributed by atoms with Crippen LogP contribution in [0.1, 0.15) is 23.2 Å². The predicted molar refractivity (Wildman–Crippen MR) is 68.6 cm³/mol. The summed E-state index contributed by atoms with van der Waals surface area (Å²) in [7, 11) is 0. The fourth-order valence-corrected chi connectivity index (χ4v) is 2.42.